The first kappa shape index (κ1) is 29.7. The average molecular weight is 625 g/mol. The van der Waals surface area contributed by atoms with E-state index >= 15 is 0 Å². The molecule has 1 saturated heterocycles. The SMILES string of the molecule is O=C(NC1CC(F)(F)C1)C(c1ccccc1C1C=CC1)N(C(=O)C1CCC(=O)N1c1nccc2ccccc12)c1cccc(F)c1. The monoisotopic (exact) mass is 624 g/mol. The third-order valence-electron chi connectivity index (χ3n) is 9.09. The minimum Gasteiger partial charge on any atom is -0.351 e. The molecule has 7 nitrogen and oxygen atoms in total. The van der Waals surface area contributed by atoms with Crippen LogP contribution in [0.1, 0.15) is 55.2 Å². The van der Waals surface area contributed by atoms with Crippen molar-refractivity contribution >= 4 is 40.0 Å². The van der Waals surface area contributed by atoms with E-state index in [1.54, 1.807) is 18.3 Å². The number of nitrogens with zero attached hydrogens (tertiary/aromatic N) is 3. The molecule has 1 aromatic heterocycles. The second-order valence-corrected chi connectivity index (χ2v) is 12.1. The van der Waals surface area contributed by atoms with Crippen molar-refractivity contribution in [2.45, 2.75) is 62.1 Å². The molecule has 3 unspecified atom stereocenters. The number of fused-ring (bicyclic) bond motifs is 1. The van der Waals surface area contributed by atoms with Crippen LogP contribution in [0.2, 0.25) is 0 Å². The first-order valence-electron chi connectivity index (χ1n) is 15.4. The highest BCUT2D eigenvalue weighted by Gasteiger charge is 2.49. The first-order chi connectivity index (χ1) is 22.2. The summed E-state index contributed by atoms with van der Waals surface area (Å²) in [4.78, 5) is 49.8. The molecule has 1 aliphatic heterocycles. The minimum atomic E-state index is -2.88. The molecule has 3 atom stereocenters. The number of hydrogen-bond donors (Lipinski definition) is 1. The Morgan fingerprint density at radius 2 is 1.76 bits per heavy atom. The molecule has 0 bridgehead atoms. The van der Waals surface area contributed by atoms with Crippen molar-refractivity contribution in [3.05, 3.63) is 114 Å². The van der Waals surface area contributed by atoms with Crippen LogP contribution in [0.3, 0.4) is 0 Å². The van der Waals surface area contributed by atoms with E-state index in [0.29, 0.717) is 16.8 Å². The quantitative estimate of drug-likeness (QED) is 0.224. The van der Waals surface area contributed by atoms with Gasteiger partial charge in [0, 0.05) is 48.5 Å². The van der Waals surface area contributed by atoms with Gasteiger partial charge in [0.25, 0.3) is 11.8 Å². The van der Waals surface area contributed by atoms with Crippen LogP contribution in [0.15, 0.2) is 97.2 Å². The number of halogens is 3. The van der Waals surface area contributed by atoms with Crippen LogP contribution in [-0.4, -0.2) is 40.7 Å². The van der Waals surface area contributed by atoms with E-state index in [1.165, 1.54) is 34.1 Å². The highest BCUT2D eigenvalue weighted by molar-refractivity contribution is 6.13. The molecule has 3 aromatic carbocycles. The fourth-order valence-electron chi connectivity index (χ4n) is 6.71. The number of carbonyl (C=O) groups excluding carboxylic acids is 3. The van der Waals surface area contributed by atoms with E-state index < -0.39 is 54.5 Å². The zero-order valence-electron chi connectivity index (χ0n) is 24.8. The molecule has 0 spiro atoms. The van der Waals surface area contributed by atoms with Gasteiger partial charge in [-0.2, -0.15) is 0 Å². The number of nitrogens with one attached hydrogen (secondary N) is 1. The lowest BCUT2D eigenvalue weighted by Crippen LogP contribution is -2.56. The van der Waals surface area contributed by atoms with Crippen LogP contribution in [-0.2, 0) is 14.4 Å². The molecule has 3 amide bonds. The third-order valence-corrected chi connectivity index (χ3v) is 9.09. The van der Waals surface area contributed by atoms with Crippen LogP contribution in [0, 0.1) is 5.82 Å². The van der Waals surface area contributed by atoms with Crippen LogP contribution in [0.4, 0.5) is 24.7 Å². The molecule has 2 fully saturated rings. The number of pyridine rings is 1. The highest BCUT2D eigenvalue weighted by Crippen LogP contribution is 2.42. The Balaban J connectivity index is 1.36. The smallest absolute Gasteiger partial charge is 0.252 e. The molecule has 1 N–H and O–H groups in total. The van der Waals surface area contributed by atoms with E-state index in [4.69, 9.17) is 0 Å². The Labute approximate surface area is 263 Å². The largest absolute Gasteiger partial charge is 0.351 e. The maximum absolute atomic E-state index is 14.9. The van der Waals surface area contributed by atoms with E-state index in [-0.39, 0.29) is 30.4 Å². The normalized spacial score (nSPS) is 21.0. The van der Waals surface area contributed by atoms with Gasteiger partial charge in [-0.05, 0) is 53.6 Å². The van der Waals surface area contributed by atoms with Crippen molar-refractivity contribution in [1.82, 2.24) is 10.3 Å². The van der Waals surface area contributed by atoms with Gasteiger partial charge in [0.15, 0.2) is 0 Å². The fourth-order valence-corrected chi connectivity index (χ4v) is 6.71. The number of allylic oxidation sites excluding steroid dienone is 2. The number of rotatable bonds is 8. The van der Waals surface area contributed by atoms with Gasteiger partial charge in [0.2, 0.25) is 11.8 Å². The van der Waals surface area contributed by atoms with Crippen molar-refractivity contribution in [3.63, 3.8) is 0 Å². The molecular formula is C36H31F3N4O3. The molecule has 10 heteroatoms. The van der Waals surface area contributed by atoms with Gasteiger partial charge < -0.3 is 5.32 Å². The van der Waals surface area contributed by atoms with E-state index in [1.807, 2.05) is 54.6 Å². The Morgan fingerprint density at radius 3 is 2.50 bits per heavy atom. The number of aromatic nitrogens is 1. The van der Waals surface area contributed by atoms with Gasteiger partial charge in [0.05, 0.1) is 0 Å². The minimum absolute atomic E-state index is 0.0200. The summed E-state index contributed by atoms with van der Waals surface area (Å²) >= 11 is 0. The second-order valence-electron chi connectivity index (χ2n) is 12.1. The van der Waals surface area contributed by atoms with Gasteiger partial charge in [-0.1, -0.05) is 66.7 Å². The Morgan fingerprint density at radius 1 is 1.00 bits per heavy atom. The second kappa shape index (κ2) is 11.7. The molecule has 3 aliphatic rings. The first-order valence-corrected chi connectivity index (χ1v) is 15.4. The van der Waals surface area contributed by atoms with Gasteiger partial charge in [0.1, 0.15) is 23.7 Å². The standard InChI is InChI=1S/C36H31F3N4O3/c37-24-10-6-11-26(19-24)42(35(46)30-15-16-31(44)43(30)33-28-13-2-1-7-23(28)17-18-40-33)32(34(45)41-25-20-36(38,39)21-25)29-14-4-3-12-27(29)22-8-5-9-22/h1-8,10-14,17-19,22,25,30,32H,9,15-16,20-21H2,(H,41,45). The molecule has 2 aliphatic carbocycles. The van der Waals surface area contributed by atoms with E-state index in [0.717, 1.165) is 17.4 Å². The Hall–Kier alpha value is -4.99. The summed E-state index contributed by atoms with van der Waals surface area (Å²) in [5, 5.41) is 4.25. The molecule has 46 heavy (non-hydrogen) atoms. The maximum atomic E-state index is 14.9. The molecule has 4 aromatic rings. The number of amides is 3. The number of alkyl halides is 2. The molecule has 234 valence electrons. The van der Waals surface area contributed by atoms with Crippen LogP contribution < -0.4 is 15.1 Å². The number of anilines is 2. The van der Waals surface area contributed by atoms with Gasteiger partial charge in [-0.25, -0.2) is 18.2 Å². The lowest BCUT2D eigenvalue weighted by molar-refractivity contribution is -0.133. The summed E-state index contributed by atoms with van der Waals surface area (Å²) < 4.78 is 42.5. The van der Waals surface area contributed by atoms with Crippen LogP contribution in [0.25, 0.3) is 10.8 Å². The summed E-state index contributed by atoms with van der Waals surface area (Å²) in [6, 6.07) is 18.6. The summed E-state index contributed by atoms with van der Waals surface area (Å²) in [7, 11) is 0. The van der Waals surface area contributed by atoms with E-state index in [9.17, 15) is 27.6 Å². The maximum Gasteiger partial charge on any atom is 0.252 e. The zero-order chi connectivity index (χ0) is 32.0. The zero-order valence-corrected chi connectivity index (χ0v) is 24.8. The summed E-state index contributed by atoms with van der Waals surface area (Å²) in [6.45, 7) is 0. The van der Waals surface area contributed by atoms with Gasteiger partial charge in [-0.15, -0.1) is 0 Å². The summed E-state index contributed by atoms with van der Waals surface area (Å²) in [5.74, 6) is -4.78. The summed E-state index contributed by atoms with van der Waals surface area (Å²) in [6.07, 6.45) is 5.49. The van der Waals surface area contributed by atoms with Crippen LogP contribution >= 0.6 is 0 Å². The molecule has 2 heterocycles. The number of benzene rings is 3. The number of hydrogen-bond acceptors (Lipinski definition) is 4. The average Bonchev–Trinajstić information content (AvgIpc) is 3.38. The predicted molar refractivity (Wildman–Crippen MR) is 168 cm³/mol. The molecule has 1 saturated carbocycles. The van der Waals surface area contributed by atoms with Crippen molar-refractivity contribution < 1.29 is 27.6 Å². The topological polar surface area (TPSA) is 82.6 Å². The van der Waals surface area contributed by atoms with Crippen molar-refractivity contribution in [1.29, 1.82) is 0 Å². The predicted octanol–water partition coefficient (Wildman–Crippen LogP) is 6.60. The lowest BCUT2D eigenvalue weighted by Gasteiger charge is -2.40. The van der Waals surface area contributed by atoms with Gasteiger partial charge >= 0.3 is 0 Å². The summed E-state index contributed by atoms with van der Waals surface area (Å²) in [5.41, 5.74) is 1.40. The van der Waals surface area contributed by atoms with Gasteiger partial charge in [-0.3, -0.25) is 24.2 Å². The van der Waals surface area contributed by atoms with E-state index in [2.05, 4.69) is 10.3 Å². The third kappa shape index (κ3) is 5.42. The molecule has 7 rings (SSSR count). The fraction of sp³-hybridized carbons (Fsp3) is 0.278. The van der Waals surface area contributed by atoms with Crippen molar-refractivity contribution in [2.24, 2.45) is 0 Å². The number of carbonyl (C=O) groups is 3. The lowest BCUT2D eigenvalue weighted by atomic mass is 9.82. The molecule has 0 radical (unpaired) electrons. The Bertz CT molecular complexity index is 1870. The Kier molecular flexibility index (Phi) is 7.58. The van der Waals surface area contributed by atoms with Crippen molar-refractivity contribution in [3.8, 4) is 0 Å². The molecular weight excluding hydrogens is 593 g/mol. The van der Waals surface area contributed by atoms with Crippen LogP contribution in [0.5, 0.6) is 0 Å². The van der Waals surface area contributed by atoms with Crippen molar-refractivity contribution in [2.75, 3.05) is 9.80 Å². The highest BCUT2D eigenvalue weighted by atomic mass is 19.3.